The van der Waals surface area contributed by atoms with Gasteiger partial charge in [-0.2, -0.15) is 11.8 Å². The maximum atomic E-state index is 11.5. The second-order valence-electron chi connectivity index (χ2n) is 9.09. The first-order valence-corrected chi connectivity index (χ1v) is 13.6. The molecule has 0 radical (unpaired) electrons. The molecular formula is C24H43N3O5S. The van der Waals surface area contributed by atoms with Crippen molar-refractivity contribution in [2.45, 2.75) is 94.4 Å². The lowest BCUT2D eigenvalue weighted by Crippen LogP contribution is -2.36. The number of methoxy groups -OCH3 is 2. The van der Waals surface area contributed by atoms with Gasteiger partial charge >= 0.3 is 18.0 Å². The number of unbranched alkanes of at least 4 members (excludes halogenated alkanes) is 6. The van der Waals surface area contributed by atoms with E-state index in [0.29, 0.717) is 30.2 Å². The number of carbonyl (C=O) groups is 3. The summed E-state index contributed by atoms with van der Waals surface area (Å²) in [5.41, 5.74) is 0. The number of thioether (sulfide) groups is 1. The van der Waals surface area contributed by atoms with Gasteiger partial charge in [-0.05, 0) is 58.2 Å². The van der Waals surface area contributed by atoms with E-state index in [1.54, 1.807) is 0 Å². The van der Waals surface area contributed by atoms with E-state index in [0.717, 1.165) is 70.3 Å². The monoisotopic (exact) mass is 485 g/mol. The van der Waals surface area contributed by atoms with E-state index in [-0.39, 0.29) is 18.0 Å². The zero-order valence-electron chi connectivity index (χ0n) is 20.4. The van der Waals surface area contributed by atoms with Crippen LogP contribution < -0.4 is 10.6 Å². The maximum absolute atomic E-state index is 11.5. The maximum Gasteiger partial charge on any atom is 0.315 e. The van der Waals surface area contributed by atoms with E-state index in [2.05, 4.69) is 15.5 Å². The molecule has 33 heavy (non-hydrogen) atoms. The molecule has 2 rings (SSSR count). The summed E-state index contributed by atoms with van der Waals surface area (Å²) >= 11 is 1.99. The molecule has 8 nitrogen and oxygen atoms in total. The third kappa shape index (κ3) is 11.0. The van der Waals surface area contributed by atoms with Crippen molar-refractivity contribution >= 4 is 29.7 Å². The minimum atomic E-state index is -0.128. The number of hydrogen-bond donors (Lipinski definition) is 2. The number of esters is 2. The highest BCUT2D eigenvalue weighted by Gasteiger charge is 2.42. The molecule has 0 aromatic heterocycles. The predicted octanol–water partition coefficient (Wildman–Crippen LogP) is 3.48. The third-order valence-electron chi connectivity index (χ3n) is 6.57. The Kier molecular flexibility index (Phi) is 13.6. The fourth-order valence-corrected chi connectivity index (χ4v) is 6.15. The summed E-state index contributed by atoms with van der Waals surface area (Å²) in [5.74, 6) is 0.766. The van der Waals surface area contributed by atoms with Gasteiger partial charge in [-0.1, -0.05) is 25.7 Å². The van der Waals surface area contributed by atoms with Gasteiger partial charge < -0.3 is 25.0 Å². The topological polar surface area (TPSA) is 97.0 Å². The molecule has 0 aromatic carbocycles. The highest BCUT2D eigenvalue weighted by atomic mass is 32.2. The van der Waals surface area contributed by atoms with E-state index in [1.165, 1.54) is 33.5 Å². The van der Waals surface area contributed by atoms with Crippen LogP contribution in [0.5, 0.6) is 0 Å². The van der Waals surface area contributed by atoms with Crippen LogP contribution in [0, 0.1) is 0 Å². The Labute approximate surface area is 203 Å². The smallest absolute Gasteiger partial charge is 0.315 e. The van der Waals surface area contributed by atoms with Crippen LogP contribution in [-0.2, 0) is 19.1 Å². The normalized spacial score (nSPS) is 21.5. The van der Waals surface area contributed by atoms with Crippen molar-refractivity contribution in [3.8, 4) is 0 Å². The number of ether oxygens (including phenoxy) is 2. The summed E-state index contributed by atoms with van der Waals surface area (Å²) in [5, 5.41) is 6.62. The fraction of sp³-hybridized carbons (Fsp3) is 0.875. The summed E-state index contributed by atoms with van der Waals surface area (Å²) in [6, 6.07) is 0.597. The van der Waals surface area contributed by atoms with Gasteiger partial charge in [-0.25, -0.2) is 4.79 Å². The van der Waals surface area contributed by atoms with Gasteiger partial charge in [0.25, 0.3) is 0 Å². The molecule has 3 unspecified atom stereocenters. The number of hydrogen-bond acceptors (Lipinski definition) is 7. The molecule has 0 saturated carbocycles. The second kappa shape index (κ2) is 16.2. The standard InChI is InChI=1S/C24H43N3O5S/c1-31-21(28)13-7-4-10-16-27(17-11-5-8-14-22(29)32-2)15-9-3-6-12-20-23-19(18-33-20)25-24(30)26-23/h19-20,23H,3-18H2,1-2H3,(H2,25,26,30). The summed E-state index contributed by atoms with van der Waals surface area (Å²) in [6.45, 7) is 3.20. The number of amides is 2. The van der Waals surface area contributed by atoms with E-state index < -0.39 is 0 Å². The van der Waals surface area contributed by atoms with Crippen molar-refractivity contribution in [1.82, 2.24) is 15.5 Å². The lowest BCUT2D eigenvalue weighted by molar-refractivity contribution is -0.141. The number of nitrogens with zero attached hydrogens (tertiary/aromatic N) is 1. The highest BCUT2D eigenvalue weighted by molar-refractivity contribution is 8.00. The number of carbonyl (C=O) groups excluding carboxylic acids is 3. The first kappa shape index (κ1) is 27.8. The highest BCUT2D eigenvalue weighted by Crippen LogP contribution is 2.33. The Morgan fingerprint density at radius 2 is 1.39 bits per heavy atom. The van der Waals surface area contributed by atoms with Gasteiger partial charge in [0.1, 0.15) is 0 Å². The van der Waals surface area contributed by atoms with Crippen molar-refractivity contribution in [3.63, 3.8) is 0 Å². The van der Waals surface area contributed by atoms with Gasteiger partial charge in [-0.15, -0.1) is 0 Å². The lowest BCUT2D eigenvalue weighted by Gasteiger charge is -2.22. The van der Waals surface area contributed by atoms with Crippen molar-refractivity contribution < 1.29 is 23.9 Å². The first-order valence-electron chi connectivity index (χ1n) is 12.6. The molecule has 2 saturated heterocycles. The summed E-state index contributed by atoms with van der Waals surface area (Å²) < 4.78 is 9.42. The van der Waals surface area contributed by atoms with Crippen LogP contribution in [0.4, 0.5) is 4.79 Å². The molecule has 2 N–H and O–H groups in total. The summed E-state index contributed by atoms with van der Waals surface area (Å²) in [6.07, 6.45) is 11.8. The molecule has 9 heteroatoms. The molecular weight excluding hydrogens is 442 g/mol. The molecule has 3 atom stereocenters. The first-order chi connectivity index (χ1) is 16.0. The largest absolute Gasteiger partial charge is 0.469 e. The third-order valence-corrected chi connectivity index (χ3v) is 8.08. The van der Waals surface area contributed by atoms with Crippen molar-refractivity contribution in [1.29, 1.82) is 0 Å². The van der Waals surface area contributed by atoms with Crippen LogP contribution in [0.2, 0.25) is 0 Å². The SMILES string of the molecule is COC(=O)CCCCCN(CCCCCC(=O)OC)CCCCCC1SCC2NC(=O)NC21. The molecule has 2 aliphatic rings. The Hall–Kier alpha value is -1.48. The summed E-state index contributed by atoms with van der Waals surface area (Å²) in [7, 11) is 2.88. The minimum absolute atomic E-state index is 0.0101. The van der Waals surface area contributed by atoms with Gasteiger partial charge in [0.05, 0.1) is 26.3 Å². The molecule has 190 valence electrons. The average Bonchev–Trinajstić information content (AvgIpc) is 3.36. The molecule has 0 spiro atoms. The van der Waals surface area contributed by atoms with Crippen molar-refractivity contribution in [3.05, 3.63) is 0 Å². The summed E-state index contributed by atoms with van der Waals surface area (Å²) in [4.78, 5) is 36.6. The van der Waals surface area contributed by atoms with E-state index in [1.807, 2.05) is 11.8 Å². The molecule has 0 aromatic rings. The van der Waals surface area contributed by atoms with E-state index >= 15 is 0 Å². The molecule has 0 aliphatic carbocycles. The fourth-order valence-electron chi connectivity index (χ4n) is 4.60. The Morgan fingerprint density at radius 3 is 1.94 bits per heavy atom. The van der Waals surface area contributed by atoms with Crippen LogP contribution >= 0.6 is 11.8 Å². The molecule has 2 fully saturated rings. The minimum Gasteiger partial charge on any atom is -0.469 e. The lowest BCUT2D eigenvalue weighted by atomic mass is 10.0. The van der Waals surface area contributed by atoms with Crippen LogP contribution in [0.1, 0.15) is 77.0 Å². The molecule has 2 amide bonds. The van der Waals surface area contributed by atoms with Crippen LogP contribution in [-0.4, -0.2) is 79.8 Å². The Morgan fingerprint density at radius 1 is 0.848 bits per heavy atom. The Bertz CT molecular complexity index is 581. The van der Waals surface area contributed by atoms with Crippen LogP contribution in [0.25, 0.3) is 0 Å². The zero-order valence-corrected chi connectivity index (χ0v) is 21.3. The van der Waals surface area contributed by atoms with E-state index in [9.17, 15) is 14.4 Å². The van der Waals surface area contributed by atoms with Crippen LogP contribution in [0.15, 0.2) is 0 Å². The number of nitrogens with one attached hydrogen (secondary N) is 2. The predicted molar refractivity (Wildman–Crippen MR) is 131 cm³/mol. The average molecular weight is 486 g/mol. The van der Waals surface area contributed by atoms with Gasteiger partial charge in [0.2, 0.25) is 0 Å². The zero-order chi connectivity index (χ0) is 23.9. The molecule has 2 heterocycles. The van der Waals surface area contributed by atoms with Crippen LogP contribution in [0.3, 0.4) is 0 Å². The Balaban J connectivity index is 1.60. The van der Waals surface area contributed by atoms with Gasteiger partial charge in [0, 0.05) is 23.8 Å². The molecule has 0 bridgehead atoms. The number of rotatable bonds is 18. The van der Waals surface area contributed by atoms with Gasteiger partial charge in [0.15, 0.2) is 0 Å². The van der Waals surface area contributed by atoms with Gasteiger partial charge in [-0.3, -0.25) is 9.59 Å². The quantitative estimate of drug-likeness (QED) is 0.174. The van der Waals surface area contributed by atoms with Crippen molar-refractivity contribution in [2.24, 2.45) is 0 Å². The van der Waals surface area contributed by atoms with E-state index in [4.69, 9.17) is 9.47 Å². The molecule has 2 aliphatic heterocycles. The number of fused-ring (bicyclic) bond motifs is 1. The number of urea groups is 1. The second-order valence-corrected chi connectivity index (χ2v) is 10.4. The van der Waals surface area contributed by atoms with Crippen molar-refractivity contribution in [2.75, 3.05) is 39.6 Å².